The highest BCUT2D eigenvalue weighted by Crippen LogP contribution is 2.48. The fourth-order valence-electron chi connectivity index (χ4n) is 4.20. The summed E-state index contributed by atoms with van der Waals surface area (Å²) in [6, 6.07) is 9.14. The Hall–Kier alpha value is -1.47. The minimum absolute atomic E-state index is 0.144. The fourth-order valence-corrected chi connectivity index (χ4v) is 5.86. The molecule has 0 amide bonds. The van der Waals surface area contributed by atoms with Gasteiger partial charge in [0.05, 0.1) is 23.1 Å². The lowest BCUT2D eigenvalue weighted by Gasteiger charge is -2.38. The number of likely N-dealkylation sites (tertiary alicyclic amines) is 1. The van der Waals surface area contributed by atoms with Gasteiger partial charge in [-0.15, -0.1) is 11.8 Å². The van der Waals surface area contributed by atoms with Crippen LogP contribution < -0.4 is 4.74 Å². The molecule has 0 atom stereocenters. The Morgan fingerprint density at radius 1 is 1.20 bits per heavy atom. The first-order chi connectivity index (χ1) is 14.4. The monoisotopic (exact) mass is 469 g/mol. The van der Waals surface area contributed by atoms with Crippen LogP contribution in [0.3, 0.4) is 0 Å². The lowest BCUT2D eigenvalue weighted by molar-refractivity contribution is -0.137. The van der Waals surface area contributed by atoms with Crippen molar-refractivity contribution in [3.63, 3.8) is 0 Å². The summed E-state index contributed by atoms with van der Waals surface area (Å²) in [5.74, 6) is -0.330. The maximum Gasteiger partial charge on any atom is 0.304 e. The van der Waals surface area contributed by atoms with Crippen LogP contribution in [0.2, 0.25) is 10.0 Å². The molecule has 4 rings (SSSR count). The first-order valence-electron chi connectivity index (χ1n) is 9.85. The molecule has 2 aliphatic heterocycles. The molecule has 1 fully saturated rings. The van der Waals surface area contributed by atoms with Gasteiger partial charge >= 0.3 is 5.97 Å². The summed E-state index contributed by atoms with van der Waals surface area (Å²) in [4.78, 5) is 13.7. The molecule has 1 saturated heterocycles. The van der Waals surface area contributed by atoms with E-state index in [9.17, 15) is 4.79 Å². The number of nitrogens with zero attached hydrogens (tertiary/aromatic N) is 1. The molecule has 2 aliphatic rings. The maximum atomic E-state index is 15.2. The third-order valence-electron chi connectivity index (χ3n) is 5.99. The van der Waals surface area contributed by atoms with Gasteiger partial charge in [0.1, 0.15) is 0 Å². The SMILES string of the molecule is O=C(O)CCN1CCC2(CC1)COc1c2ccc(CSc2c(Cl)cccc2Cl)c1F. The van der Waals surface area contributed by atoms with Gasteiger partial charge in [0.25, 0.3) is 0 Å². The number of thioether (sulfide) groups is 1. The summed E-state index contributed by atoms with van der Waals surface area (Å²) in [7, 11) is 0. The van der Waals surface area contributed by atoms with Crippen LogP contribution in [0.5, 0.6) is 5.75 Å². The number of aliphatic carboxylic acids is 1. The van der Waals surface area contributed by atoms with Crippen LogP contribution in [0.1, 0.15) is 30.4 Å². The molecule has 4 nitrogen and oxygen atoms in total. The van der Waals surface area contributed by atoms with Gasteiger partial charge < -0.3 is 14.7 Å². The van der Waals surface area contributed by atoms with Crippen LogP contribution in [0.25, 0.3) is 0 Å². The predicted octanol–water partition coefficient (Wildman–Crippen LogP) is 5.63. The van der Waals surface area contributed by atoms with Crippen molar-refractivity contribution < 1.29 is 19.0 Å². The van der Waals surface area contributed by atoms with Gasteiger partial charge in [-0.25, -0.2) is 4.39 Å². The van der Waals surface area contributed by atoms with Crippen molar-refractivity contribution in [3.8, 4) is 5.75 Å². The molecule has 0 unspecified atom stereocenters. The number of fused-ring (bicyclic) bond motifs is 2. The van der Waals surface area contributed by atoms with Crippen LogP contribution in [-0.2, 0) is 16.0 Å². The number of carbonyl (C=O) groups is 1. The third-order valence-corrected chi connectivity index (χ3v) is 8.03. The van der Waals surface area contributed by atoms with Crippen molar-refractivity contribution in [2.45, 2.75) is 35.3 Å². The summed E-state index contributed by atoms with van der Waals surface area (Å²) in [6.07, 6.45) is 1.82. The van der Waals surface area contributed by atoms with Crippen LogP contribution in [0.15, 0.2) is 35.2 Å². The van der Waals surface area contributed by atoms with Crippen molar-refractivity contribution in [1.29, 1.82) is 0 Å². The van der Waals surface area contributed by atoms with Crippen LogP contribution in [0, 0.1) is 5.82 Å². The number of piperidine rings is 1. The summed E-state index contributed by atoms with van der Waals surface area (Å²) in [5.41, 5.74) is 1.31. The predicted molar refractivity (Wildman–Crippen MR) is 118 cm³/mol. The van der Waals surface area contributed by atoms with Gasteiger partial charge in [-0.2, -0.15) is 0 Å². The number of hydrogen-bond donors (Lipinski definition) is 1. The van der Waals surface area contributed by atoms with Crippen LogP contribution >= 0.6 is 35.0 Å². The fraction of sp³-hybridized carbons (Fsp3) is 0.409. The Labute approximate surface area is 189 Å². The first kappa shape index (κ1) is 21.8. The zero-order chi connectivity index (χ0) is 21.3. The minimum Gasteiger partial charge on any atom is -0.489 e. The van der Waals surface area contributed by atoms with E-state index in [1.165, 1.54) is 11.8 Å². The Morgan fingerprint density at radius 2 is 1.90 bits per heavy atom. The molecule has 0 aromatic heterocycles. The Kier molecular flexibility index (Phi) is 6.49. The molecular weight excluding hydrogens is 448 g/mol. The molecule has 0 radical (unpaired) electrons. The van der Waals surface area contributed by atoms with Gasteiger partial charge in [-0.05, 0) is 38.1 Å². The van der Waals surface area contributed by atoms with E-state index in [1.54, 1.807) is 18.2 Å². The molecule has 0 bridgehead atoms. The number of carboxylic acid groups (broad SMARTS) is 1. The molecule has 30 heavy (non-hydrogen) atoms. The highest BCUT2D eigenvalue weighted by Gasteiger charge is 2.44. The summed E-state index contributed by atoms with van der Waals surface area (Å²) in [5, 5.41) is 9.99. The third kappa shape index (κ3) is 4.28. The number of benzene rings is 2. The minimum atomic E-state index is -0.782. The molecule has 0 saturated carbocycles. The van der Waals surface area contributed by atoms with E-state index in [4.69, 9.17) is 33.0 Å². The van der Waals surface area contributed by atoms with Crippen LogP contribution in [0.4, 0.5) is 4.39 Å². The Balaban J connectivity index is 1.47. The maximum absolute atomic E-state index is 15.2. The van der Waals surface area contributed by atoms with Crippen molar-refractivity contribution in [2.24, 2.45) is 0 Å². The second kappa shape index (κ2) is 8.95. The van der Waals surface area contributed by atoms with Crippen LogP contribution in [-0.4, -0.2) is 42.2 Å². The smallest absolute Gasteiger partial charge is 0.304 e. The molecule has 8 heteroatoms. The molecule has 160 valence electrons. The average Bonchev–Trinajstić information content (AvgIpc) is 3.07. The quantitative estimate of drug-likeness (QED) is 0.555. The number of halogens is 3. The van der Waals surface area contributed by atoms with E-state index >= 15 is 4.39 Å². The van der Waals surface area contributed by atoms with E-state index in [-0.39, 0.29) is 17.7 Å². The van der Waals surface area contributed by atoms with Crippen molar-refractivity contribution in [1.82, 2.24) is 4.90 Å². The summed E-state index contributed by atoms with van der Waals surface area (Å²) in [6.45, 7) is 2.60. The van der Waals surface area contributed by atoms with Crippen molar-refractivity contribution >= 4 is 40.9 Å². The number of ether oxygens (including phenoxy) is 1. The molecule has 2 aromatic carbocycles. The lowest BCUT2D eigenvalue weighted by Crippen LogP contribution is -2.44. The molecule has 0 aliphatic carbocycles. The van der Waals surface area contributed by atoms with E-state index in [0.29, 0.717) is 40.3 Å². The van der Waals surface area contributed by atoms with Gasteiger partial charge in [0.2, 0.25) is 0 Å². The lowest BCUT2D eigenvalue weighted by atomic mass is 9.74. The normalized spacial score (nSPS) is 17.7. The number of carboxylic acids is 1. The zero-order valence-electron chi connectivity index (χ0n) is 16.3. The second-order valence-corrected chi connectivity index (χ2v) is 9.61. The van der Waals surface area contributed by atoms with Gasteiger partial charge in [0, 0.05) is 33.7 Å². The van der Waals surface area contributed by atoms with E-state index in [0.717, 1.165) is 36.4 Å². The molecular formula is C22H22Cl2FNO3S. The standard InChI is InChI=1S/C22H22Cl2FNO3S/c23-16-2-1-3-17(24)21(16)30-12-14-4-5-15-20(19(14)25)29-13-22(15)7-10-26(11-8-22)9-6-18(27)28/h1-5H,6-13H2,(H,27,28). The molecule has 1 N–H and O–H groups in total. The largest absolute Gasteiger partial charge is 0.489 e. The number of rotatable bonds is 6. The molecule has 1 spiro atoms. The first-order valence-corrected chi connectivity index (χ1v) is 11.6. The topological polar surface area (TPSA) is 49.8 Å². The Bertz CT molecular complexity index is 943. The van der Waals surface area contributed by atoms with Gasteiger partial charge in [0.15, 0.2) is 11.6 Å². The summed E-state index contributed by atoms with van der Waals surface area (Å²) < 4.78 is 21.1. The molecule has 2 heterocycles. The highest BCUT2D eigenvalue weighted by molar-refractivity contribution is 7.98. The van der Waals surface area contributed by atoms with E-state index in [1.807, 2.05) is 12.1 Å². The molecule has 2 aromatic rings. The highest BCUT2D eigenvalue weighted by atomic mass is 35.5. The number of hydrogen-bond acceptors (Lipinski definition) is 4. The van der Waals surface area contributed by atoms with Gasteiger partial charge in [-0.1, -0.05) is 41.4 Å². The van der Waals surface area contributed by atoms with E-state index in [2.05, 4.69) is 4.90 Å². The average molecular weight is 470 g/mol. The van der Waals surface area contributed by atoms with Crippen molar-refractivity contribution in [3.05, 3.63) is 57.3 Å². The van der Waals surface area contributed by atoms with Gasteiger partial charge in [-0.3, -0.25) is 4.79 Å². The van der Waals surface area contributed by atoms with Crippen molar-refractivity contribution in [2.75, 3.05) is 26.2 Å². The van der Waals surface area contributed by atoms with E-state index < -0.39 is 5.97 Å². The zero-order valence-corrected chi connectivity index (χ0v) is 18.6. The second-order valence-electron chi connectivity index (χ2n) is 7.81. The Morgan fingerprint density at radius 3 is 2.57 bits per heavy atom. The summed E-state index contributed by atoms with van der Waals surface area (Å²) >= 11 is 13.8.